The van der Waals surface area contributed by atoms with Gasteiger partial charge in [0.1, 0.15) is 17.9 Å². The molecule has 2 rings (SSSR count). The van der Waals surface area contributed by atoms with Crippen molar-refractivity contribution in [3.05, 3.63) is 28.6 Å². The minimum absolute atomic E-state index is 0.0778. The number of anilines is 1. The van der Waals surface area contributed by atoms with Crippen LogP contribution in [0.25, 0.3) is 0 Å². The number of carbonyl (C=O) groups excluding carboxylic acids is 1. The van der Waals surface area contributed by atoms with E-state index < -0.39 is 11.0 Å². The molecule has 0 saturated carbocycles. The first-order valence-corrected chi connectivity index (χ1v) is 6.29. The lowest BCUT2D eigenvalue weighted by Gasteiger charge is -2.37. The summed E-state index contributed by atoms with van der Waals surface area (Å²) in [6.07, 6.45) is 2.72. The van der Waals surface area contributed by atoms with Gasteiger partial charge in [-0.3, -0.25) is 19.9 Å². The summed E-state index contributed by atoms with van der Waals surface area (Å²) in [6.45, 7) is 1.68. The Kier molecular flexibility index (Phi) is 4.14. The molecule has 20 heavy (non-hydrogen) atoms. The minimum atomic E-state index is -0.471. The van der Waals surface area contributed by atoms with E-state index in [1.807, 2.05) is 0 Å². The zero-order chi connectivity index (χ0) is 14.7. The van der Waals surface area contributed by atoms with Crippen LogP contribution >= 0.6 is 0 Å². The number of likely N-dealkylation sites (N-methyl/N-ethyl adjacent to an activating group) is 1. The van der Waals surface area contributed by atoms with Crippen LogP contribution in [-0.4, -0.2) is 60.5 Å². The summed E-state index contributed by atoms with van der Waals surface area (Å²) in [5.41, 5.74) is 0.359. The van der Waals surface area contributed by atoms with Gasteiger partial charge in [0.05, 0.1) is 4.92 Å². The molecule has 1 aromatic rings. The van der Waals surface area contributed by atoms with Crippen LogP contribution in [0, 0.1) is 10.1 Å². The standard InChI is InChI=1S/C12H17N5O3/c1-15(2)12(18)11-8-14-5-6-16(11)9-3-4-13-7-10(9)17(19)20/h3-4,7,11,14H,5-6,8H2,1-2H3. The zero-order valence-electron chi connectivity index (χ0n) is 11.4. The normalized spacial score (nSPS) is 18.7. The zero-order valence-corrected chi connectivity index (χ0v) is 11.4. The van der Waals surface area contributed by atoms with Gasteiger partial charge in [0.15, 0.2) is 0 Å². The first-order chi connectivity index (χ1) is 9.52. The molecule has 0 aromatic carbocycles. The number of rotatable bonds is 3. The third-order valence-corrected chi connectivity index (χ3v) is 3.25. The molecule has 1 unspecified atom stereocenters. The van der Waals surface area contributed by atoms with E-state index in [-0.39, 0.29) is 11.6 Å². The third-order valence-electron chi connectivity index (χ3n) is 3.25. The van der Waals surface area contributed by atoms with Crippen LogP contribution < -0.4 is 10.2 Å². The van der Waals surface area contributed by atoms with Crippen molar-refractivity contribution in [1.82, 2.24) is 15.2 Å². The van der Waals surface area contributed by atoms with Gasteiger partial charge in [0.25, 0.3) is 0 Å². The Bertz CT molecular complexity index is 520. The molecule has 1 atom stereocenters. The van der Waals surface area contributed by atoms with Gasteiger partial charge in [-0.2, -0.15) is 0 Å². The molecule has 1 aliphatic heterocycles. The quantitative estimate of drug-likeness (QED) is 0.611. The number of nitrogens with zero attached hydrogens (tertiary/aromatic N) is 4. The summed E-state index contributed by atoms with van der Waals surface area (Å²) in [5, 5.41) is 14.2. The monoisotopic (exact) mass is 279 g/mol. The fourth-order valence-electron chi connectivity index (χ4n) is 2.27. The van der Waals surface area contributed by atoms with Crippen molar-refractivity contribution in [3.63, 3.8) is 0 Å². The molecule has 0 spiro atoms. The second kappa shape index (κ2) is 5.83. The summed E-state index contributed by atoms with van der Waals surface area (Å²) in [6, 6.07) is 1.14. The summed E-state index contributed by atoms with van der Waals surface area (Å²) >= 11 is 0. The Morgan fingerprint density at radius 2 is 2.35 bits per heavy atom. The smallest absolute Gasteiger partial charge is 0.310 e. The number of hydrogen-bond acceptors (Lipinski definition) is 6. The molecule has 1 amide bonds. The lowest BCUT2D eigenvalue weighted by atomic mass is 10.1. The molecule has 8 nitrogen and oxygen atoms in total. The maximum atomic E-state index is 12.2. The van der Waals surface area contributed by atoms with Crippen LogP contribution in [-0.2, 0) is 4.79 Å². The maximum Gasteiger partial charge on any atom is 0.310 e. The first-order valence-electron chi connectivity index (χ1n) is 6.29. The average molecular weight is 279 g/mol. The van der Waals surface area contributed by atoms with Crippen LogP contribution in [0.15, 0.2) is 18.5 Å². The number of piperazine rings is 1. The number of nitro groups is 1. The Hall–Kier alpha value is -2.22. The van der Waals surface area contributed by atoms with E-state index in [4.69, 9.17) is 0 Å². The van der Waals surface area contributed by atoms with Crippen molar-refractivity contribution in [1.29, 1.82) is 0 Å². The molecule has 8 heteroatoms. The second-order valence-corrected chi connectivity index (χ2v) is 4.77. The number of carbonyl (C=O) groups is 1. The summed E-state index contributed by atoms with van der Waals surface area (Å²) in [7, 11) is 3.35. The SMILES string of the molecule is CN(C)C(=O)C1CNCCN1c1ccncc1[N+](=O)[O-]. The molecular weight excluding hydrogens is 262 g/mol. The third kappa shape index (κ3) is 2.69. The molecule has 1 N–H and O–H groups in total. The fraction of sp³-hybridized carbons (Fsp3) is 0.500. The molecule has 1 fully saturated rings. The van der Waals surface area contributed by atoms with Gasteiger partial charge >= 0.3 is 5.69 Å². The van der Waals surface area contributed by atoms with E-state index in [1.165, 1.54) is 17.3 Å². The average Bonchev–Trinajstić information content (AvgIpc) is 2.46. The Morgan fingerprint density at radius 3 is 3.00 bits per heavy atom. The van der Waals surface area contributed by atoms with E-state index in [1.54, 1.807) is 25.1 Å². The molecule has 1 saturated heterocycles. The van der Waals surface area contributed by atoms with E-state index in [2.05, 4.69) is 10.3 Å². The molecule has 0 radical (unpaired) electrons. The molecule has 1 aliphatic rings. The number of pyridine rings is 1. The highest BCUT2D eigenvalue weighted by Gasteiger charge is 2.33. The van der Waals surface area contributed by atoms with Gasteiger partial charge in [-0.05, 0) is 6.07 Å². The van der Waals surface area contributed by atoms with E-state index in [0.717, 1.165) is 0 Å². The maximum absolute atomic E-state index is 12.2. The van der Waals surface area contributed by atoms with Crippen molar-refractivity contribution >= 4 is 17.3 Å². The van der Waals surface area contributed by atoms with Gasteiger partial charge in [-0.25, -0.2) is 0 Å². The number of aromatic nitrogens is 1. The molecule has 0 aliphatic carbocycles. The molecule has 2 heterocycles. The highest BCUT2D eigenvalue weighted by molar-refractivity contribution is 5.86. The molecule has 1 aromatic heterocycles. The van der Waals surface area contributed by atoms with Crippen LogP contribution in [0.5, 0.6) is 0 Å². The van der Waals surface area contributed by atoms with E-state index in [9.17, 15) is 14.9 Å². The predicted molar refractivity (Wildman–Crippen MR) is 73.6 cm³/mol. The largest absolute Gasteiger partial charge is 0.352 e. The number of amides is 1. The summed E-state index contributed by atoms with van der Waals surface area (Å²) < 4.78 is 0. The highest BCUT2D eigenvalue weighted by atomic mass is 16.6. The van der Waals surface area contributed by atoms with Crippen molar-refractivity contribution < 1.29 is 9.72 Å². The predicted octanol–water partition coefficient (Wildman–Crippen LogP) is -0.144. The highest BCUT2D eigenvalue weighted by Crippen LogP contribution is 2.29. The summed E-state index contributed by atoms with van der Waals surface area (Å²) in [5.74, 6) is -0.0803. The number of hydrogen-bond donors (Lipinski definition) is 1. The van der Waals surface area contributed by atoms with Gasteiger partial charge in [-0.1, -0.05) is 0 Å². The van der Waals surface area contributed by atoms with Crippen LogP contribution in [0.2, 0.25) is 0 Å². The summed E-state index contributed by atoms with van der Waals surface area (Å²) in [4.78, 5) is 29.9. The molecule has 0 bridgehead atoms. The van der Waals surface area contributed by atoms with E-state index >= 15 is 0 Å². The lowest BCUT2D eigenvalue weighted by Crippen LogP contribution is -2.58. The van der Waals surface area contributed by atoms with Crippen LogP contribution in [0.4, 0.5) is 11.4 Å². The Labute approximate surface area is 116 Å². The first kappa shape index (κ1) is 14.2. The molecule has 108 valence electrons. The van der Waals surface area contributed by atoms with Gasteiger partial charge in [-0.15, -0.1) is 0 Å². The topological polar surface area (TPSA) is 91.6 Å². The Balaban J connectivity index is 2.38. The molecular formula is C12H17N5O3. The fourth-order valence-corrected chi connectivity index (χ4v) is 2.27. The van der Waals surface area contributed by atoms with Gasteiger partial charge < -0.3 is 15.1 Å². The van der Waals surface area contributed by atoms with Crippen molar-refractivity contribution in [3.8, 4) is 0 Å². The Morgan fingerprint density at radius 1 is 1.60 bits per heavy atom. The second-order valence-electron chi connectivity index (χ2n) is 4.77. The van der Waals surface area contributed by atoms with E-state index in [0.29, 0.717) is 25.3 Å². The van der Waals surface area contributed by atoms with Crippen molar-refractivity contribution in [2.24, 2.45) is 0 Å². The lowest BCUT2D eigenvalue weighted by molar-refractivity contribution is -0.384. The number of nitrogens with one attached hydrogen (secondary N) is 1. The van der Waals surface area contributed by atoms with Crippen LogP contribution in [0.1, 0.15) is 0 Å². The van der Waals surface area contributed by atoms with Crippen molar-refractivity contribution in [2.75, 3.05) is 38.6 Å². The minimum Gasteiger partial charge on any atom is -0.352 e. The van der Waals surface area contributed by atoms with Gasteiger partial charge in [0, 0.05) is 39.9 Å². The van der Waals surface area contributed by atoms with Crippen LogP contribution in [0.3, 0.4) is 0 Å². The van der Waals surface area contributed by atoms with Crippen molar-refractivity contribution in [2.45, 2.75) is 6.04 Å². The van der Waals surface area contributed by atoms with Gasteiger partial charge in [0.2, 0.25) is 5.91 Å².